The Kier molecular flexibility index (Phi) is 8.00. The Hall–Kier alpha value is -1.25. The lowest BCUT2D eigenvalue weighted by Gasteiger charge is -2.39. The van der Waals surface area contributed by atoms with Crippen molar-refractivity contribution in [1.29, 1.82) is 0 Å². The van der Waals surface area contributed by atoms with Gasteiger partial charge in [-0.3, -0.25) is 4.28 Å². The molecule has 4 N–H and O–H groups in total. The van der Waals surface area contributed by atoms with Gasteiger partial charge >= 0.3 is 0 Å². The first kappa shape index (κ1) is 22.0. The lowest BCUT2D eigenvalue weighted by molar-refractivity contribution is -0.205. The Morgan fingerprint density at radius 3 is 2.44 bits per heavy atom. The van der Waals surface area contributed by atoms with Crippen molar-refractivity contribution in [1.82, 2.24) is 0 Å². The Labute approximate surface area is 160 Å². The molecule has 1 aromatic carbocycles. The maximum atomic E-state index is 10.7. The van der Waals surface area contributed by atoms with Crippen LogP contribution in [0.5, 0.6) is 0 Å². The topological polar surface area (TPSA) is 169 Å². The molecule has 0 aliphatic carbocycles. The summed E-state index contributed by atoms with van der Waals surface area (Å²) in [5, 5.41) is 42.2. The Morgan fingerprint density at radius 2 is 1.85 bits per heavy atom. The zero-order chi connectivity index (χ0) is 20.0. The van der Waals surface area contributed by atoms with Gasteiger partial charge in [-0.05, 0) is 12.0 Å². The summed E-state index contributed by atoms with van der Waals surface area (Å²) in [5.74, 6) is 0. The normalized spacial score (nSPS) is 29.5. The van der Waals surface area contributed by atoms with E-state index < -0.39 is 46.9 Å². The number of nitrogens with zero attached hydrogens (tertiary/aromatic N) is 1. The zero-order valence-electron chi connectivity index (χ0n) is 14.0. The molecule has 1 fully saturated rings. The molecule has 0 spiro atoms. The summed E-state index contributed by atoms with van der Waals surface area (Å²) in [6, 6.07) is 9.13. The minimum atomic E-state index is -5.07. The monoisotopic (exact) mass is 422 g/mol. The molecule has 1 aliphatic rings. The fourth-order valence-electron chi connectivity index (χ4n) is 2.41. The summed E-state index contributed by atoms with van der Waals surface area (Å²) in [5.41, 5.74) is -0.266. The standard InChI is InChI=1S/C15H21NO9S2/c17-8-10-12(18)13(19)14(20)15(24-10)26-11(16-25-27(21,22)23)7-6-9-4-2-1-3-5-9/h1-5,10,12-15,17-20H,6-8H2,(H,21,22,23)/p-1/b16-11-/t10-,12-,13+,14-,15+/m1/s1. The van der Waals surface area contributed by atoms with E-state index in [-0.39, 0.29) is 11.5 Å². The third kappa shape index (κ3) is 6.69. The summed E-state index contributed by atoms with van der Waals surface area (Å²) >= 11 is 0.726. The van der Waals surface area contributed by atoms with Crippen molar-refractivity contribution in [3.63, 3.8) is 0 Å². The summed E-state index contributed by atoms with van der Waals surface area (Å²) in [7, 11) is -5.07. The number of aliphatic hydroxyl groups is 4. The number of thioether (sulfide) groups is 1. The van der Waals surface area contributed by atoms with E-state index in [1.165, 1.54) is 0 Å². The molecule has 1 heterocycles. The number of ether oxygens (including phenoxy) is 1. The van der Waals surface area contributed by atoms with Gasteiger partial charge in [0.2, 0.25) is 0 Å². The fourth-order valence-corrected chi connectivity index (χ4v) is 3.70. The second kappa shape index (κ2) is 9.80. The second-order valence-electron chi connectivity index (χ2n) is 5.77. The SMILES string of the molecule is O=S(=O)([O-])O/N=C(/CCc1ccccc1)S[C@@H]1O[C@H](CO)[C@@H](O)[C@H](O)[C@H]1O. The maximum Gasteiger partial charge on any atom is 0.284 e. The van der Waals surface area contributed by atoms with Crippen molar-refractivity contribution in [2.24, 2.45) is 5.16 Å². The number of rotatable bonds is 7. The molecule has 152 valence electrons. The van der Waals surface area contributed by atoms with Crippen LogP contribution in [0, 0.1) is 0 Å². The van der Waals surface area contributed by atoms with E-state index in [2.05, 4.69) is 9.44 Å². The fraction of sp³-hybridized carbons (Fsp3) is 0.533. The minimum absolute atomic E-state index is 0.0163. The van der Waals surface area contributed by atoms with E-state index in [0.717, 1.165) is 17.3 Å². The maximum absolute atomic E-state index is 10.7. The Morgan fingerprint density at radius 1 is 1.19 bits per heavy atom. The average molecular weight is 422 g/mol. The largest absolute Gasteiger partial charge is 0.714 e. The summed E-state index contributed by atoms with van der Waals surface area (Å²) < 4.78 is 41.3. The van der Waals surface area contributed by atoms with Crippen LogP contribution in [-0.4, -0.2) is 74.9 Å². The van der Waals surface area contributed by atoms with Gasteiger partial charge in [-0.1, -0.05) is 47.2 Å². The highest BCUT2D eigenvalue weighted by Gasteiger charge is 2.44. The van der Waals surface area contributed by atoms with Crippen molar-refractivity contribution < 1.29 is 42.4 Å². The first-order valence-electron chi connectivity index (χ1n) is 7.93. The Balaban J connectivity index is 2.12. The number of aryl methyl sites for hydroxylation is 1. The number of aliphatic hydroxyl groups excluding tert-OH is 4. The van der Waals surface area contributed by atoms with Gasteiger partial charge in [0, 0.05) is 6.42 Å². The third-order valence-electron chi connectivity index (χ3n) is 3.80. The van der Waals surface area contributed by atoms with Gasteiger partial charge in [0.1, 0.15) is 34.9 Å². The predicted molar refractivity (Wildman–Crippen MR) is 94.3 cm³/mol. The van der Waals surface area contributed by atoms with E-state index in [0.29, 0.717) is 6.42 Å². The van der Waals surface area contributed by atoms with Gasteiger partial charge in [-0.25, -0.2) is 0 Å². The molecule has 12 heteroatoms. The van der Waals surface area contributed by atoms with Crippen molar-refractivity contribution in [3.8, 4) is 0 Å². The molecule has 0 unspecified atom stereocenters. The highest BCUT2D eigenvalue weighted by atomic mass is 32.3. The smallest absolute Gasteiger partial charge is 0.284 e. The number of hydrogen-bond donors (Lipinski definition) is 4. The van der Waals surface area contributed by atoms with Gasteiger partial charge in [-0.15, -0.1) is 0 Å². The van der Waals surface area contributed by atoms with E-state index in [1.807, 2.05) is 30.3 Å². The molecule has 1 saturated heterocycles. The van der Waals surface area contributed by atoms with Crippen LogP contribution in [0.3, 0.4) is 0 Å². The van der Waals surface area contributed by atoms with Crippen LogP contribution in [0.1, 0.15) is 12.0 Å². The molecule has 0 aromatic heterocycles. The van der Waals surface area contributed by atoms with Crippen molar-refractivity contribution in [2.75, 3.05) is 6.61 Å². The van der Waals surface area contributed by atoms with Crippen LogP contribution in [0.25, 0.3) is 0 Å². The molecule has 5 atom stereocenters. The molecule has 1 aromatic rings. The predicted octanol–water partition coefficient (Wildman–Crippen LogP) is -1.06. The first-order valence-corrected chi connectivity index (χ1v) is 10.1. The molecular weight excluding hydrogens is 402 g/mol. The highest BCUT2D eigenvalue weighted by Crippen LogP contribution is 2.30. The number of benzene rings is 1. The number of hydrogen-bond acceptors (Lipinski definition) is 11. The molecule has 27 heavy (non-hydrogen) atoms. The lowest BCUT2D eigenvalue weighted by Crippen LogP contribution is -2.57. The molecular formula is C15H20NO9S2-. The zero-order valence-corrected chi connectivity index (χ0v) is 15.6. The molecule has 10 nitrogen and oxygen atoms in total. The van der Waals surface area contributed by atoms with Crippen LogP contribution in [0.2, 0.25) is 0 Å². The van der Waals surface area contributed by atoms with E-state index in [4.69, 9.17) is 4.74 Å². The molecule has 0 saturated carbocycles. The molecule has 0 amide bonds. The van der Waals surface area contributed by atoms with Gasteiger partial charge in [-0.2, -0.15) is 8.42 Å². The molecule has 0 radical (unpaired) electrons. The van der Waals surface area contributed by atoms with Crippen LogP contribution in [0.4, 0.5) is 0 Å². The van der Waals surface area contributed by atoms with E-state index >= 15 is 0 Å². The summed E-state index contributed by atoms with van der Waals surface area (Å²) in [4.78, 5) is 0. The van der Waals surface area contributed by atoms with Gasteiger partial charge in [0.15, 0.2) is 0 Å². The highest BCUT2D eigenvalue weighted by molar-refractivity contribution is 8.14. The lowest BCUT2D eigenvalue weighted by atomic mass is 10.0. The van der Waals surface area contributed by atoms with Crippen LogP contribution < -0.4 is 0 Å². The van der Waals surface area contributed by atoms with Gasteiger partial charge < -0.3 is 29.7 Å². The van der Waals surface area contributed by atoms with Gasteiger partial charge in [0.25, 0.3) is 10.4 Å². The third-order valence-corrected chi connectivity index (χ3v) is 5.23. The summed E-state index contributed by atoms with van der Waals surface area (Å²) in [6.07, 6.45) is -5.21. The second-order valence-corrected chi connectivity index (χ2v) is 7.91. The average Bonchev–Trinajstić information content (AvgIpc) is 2.64. The van der Waals surface area contributed by atoms with Crippen molar-refractivity contribution in [2.45, 2.75) is 42.7 Å². The van der Waals surface area contributed by atoms with Crippen molar-refractivity contribution >= 4 is 27.2 Å². The quantitative estimate of drug-likeness (QED) is 0.140. The van der Waals surface area contributed by atoms with Crippen LogP contribution in [0.15, 0.2) is 35.5 Å². The van der Waals surface area contributed by atoms with Crippen molar-refractivity contribution in [3.05, 3.63) is 35.9 Å². The van der Waals surface area contributed by atoms with E-state index in [9.17, 15) is 33.4 Å². The number of oxime groups is 1. The Bertz CT molecular complexity index is 726. The van der Waals surface area contributed by atoms with E-state index in [1.54, 1.807) is 0 Å². The molecule has 1 aliphatic heterocycles. The van der Waals surface area contributed by atoms with Crippen LogP contribution >= 0.6 is 11.8 Å². The van der Waals surface area contributed by atoms with Gasteiger partial charge in [0.05, 0.1) is 6.61 Å². The van der Waals surface area contributed by atoms with Crippen LogP contribution in [-0.2, 0) is 25.8 Å². The molecule has 0 bridgehead atoms. The minimum Gasteiger partial charge on any atom is -0.714 e. The first-order chi connectivity index (χ1) is 12.7. The molecule has 2 rings (SSSR count). The summed E-state index contributed by atoms with van der Waals surface area (Å²) in [6.45, 7) is -0.607.